The molecule has 4 aromatic carbocycles. The summed E-state index contributed by atoms with van der Waals surface area (Å²) in [5.74, 6) is 0.680. The van der Waals surface area contributed by atoms with Gasteiger partial charge in [-0.15, -0.1) is 26.3 Å². The molecule has 0 aromatic heterocycles. The summed E-state index contributed by atoms with van der Waals surface area (Å²) in [6.07, 6.45) is 11.7. The number of rotatable bonds is 9. The molecule has 3 aliphatic rings. The summed E-state index contributed by atoms with van der Waals surface area (Å²) in [6, 6.07) is 31.1. The first kappa shape index (κ1) is 40.3. The molecule has 3 aliphatic heterocycles. The van der Waals surface area contributed by atoms with Crippen molar-refractivity contribution in [1.82, 2.24) is 0 Å². The number of amides is 1. The number of carbonyl (C=O) groups excluding carboxylic acids is 1. The number of allylic oxidation sites excluding steroid dienone is 1. The lowest BCUT2D eigenvalue weighted by Gasteiger charge is -2.33. The van der Waals surface area contributed by atoms with Gasteiger partial charge in [-0.3, -0.25) is 4.79 Å². The zero-order chi connectivity index (χ0) is 38.0. The molecule has 0 spiro atoms. The Kier molecular flexibility index (Phi) is 16.1. The maximum absolute atomic E-state index is 12.0. The van der Waals surface area contributed by atoms with Gasteiger partial charge in [-0.05, 0) is 92.5 Å². The number of hydrogen-bond acceptors (Lipinski definition) is 5. The Labute approximate surface area is 318 Å². The molecule has 53 heavy (non-hydrogen) atoms. The van der Waals surface area contributed by atoms with Crippen LogP contribution in [-0.4, -0.2) is 39.2 Å². The van der Waals surface area contributed by atoms with Crippen LogP contribution in [0.1, 0.15) is 67.7 Å². The molecule has 0 aliphatic carbocycles. The molecule has 0 saturated carbocycles. The van der Waals surface area contributed by atoms with Gasteiger partial charge >= 0.3 is 0 Å². The molecular formula is C47H58N4O2. The lowest BCUT2D eigenvalue weighted by molar-refractivity contribution is -0.110. The van der Waals surface area contributed by atoms with E-state index < -0.39 is 0 Å². The van der Waals surface area contributed by atoms with E-state index in [0.29, 0.717) is 5.57 Å². The van der Waals surface area contributed by atoms with Gasteiger partial charge in [0.1, 0.15) is 5.75 Å². The molecule has 2 saturated heterocycles. The highest BCUT2D eigenvalue weighted by molar-refractivity contribution is 6.35. The summed E-state index contributed by atoms with van der Waals surface area (Å²) >= 11 is 0. The lowest BCUT2D eigenvalue weighted by atomic mass is 10.0. The number of methoxy groups -OCH3 is 1. The summed E-state index contributed by atoms with van der Waals surface area (Å²) in [4.78, 5) is 17.1. The molecule has 278 valence electrons. The number of nitrogens with one attached hydrogen (secondary N) is 2. The number of benzene rings is 4. The molecule has 0 bridgehead atoms. The fourth-order valence-electron chi connectivity index (χ4n) is 7.15. The predicted octanol–water partition coefficient (Wildman–Crippen LogP) is 11.2. The smallest absolute Gasteiger partial charge is 0.256 e. The largest absolute Gasteiger partial charge is 0.496 e. The van der Waals surface area contributed by atoms with Gasteiger partial charge in [-0.2, -0.15) is 0 Å². The van der Waals surface area contributed by atoms with Gasteiger partial charge in [0.15, 0.2) is 0 Å². The van der Waals surface area contributed by atoms with Crippen LogP contribution in [0.2, 0.25) is 0 Å². The standard InChI is InChI=1S/C27H37N3.C16H13NO2.2C2H4/c1-3-23-12-6-7-13-24(23)20-22(2)28-26-21-25(29-16-8-4-9-17-29)14-15-27(26)30-18-10-5-11-19-30;1-19-15-9-5-2-6-11(15)10-13-12-7-3-4-8-14(12)17-16(13)18;2*1-2/h6-7,12-15,21,28H,2-5,8-11,16-20H2,1H3;2-10H,1H3,(H,17,18);2*1-2H2/b;13-10-;;. The van der Waals surface area contributed by atoms with Crippen molar-refractivity contribution in [2.45, 2.75) is 58.3 Å². The van der Waals surface area contributed by atoms with Crippen molar-refractivity contribution in [3.8, 4) is 5.75 Å². The first-order valence-corrected chi connectivity index (χ1v) is 18.9. The summed E-state index contributed by atoms with van der Waals surface area (Å²) in [5, 5.41) is 6.58. The minimum atomic E-state index is -0.0768. The van der Waals surface area contributed by atoms with Gasteiger partial charge in [-0.25, -0.2) is 0 Å². The molecule has 2 fully saturated rings. The minimum Gasteiger partial charge on any atom is -0.496 e. The summed E-state index contributed by atoms with van der Waals surface area (Å²) in [6.45, 7) is 23.3. The number of hydrogen-bond donors (Lipinski definition) is 2. The second-order valence-corrected chi connectivity index (χ2v) is 13.1. The van der Waals surface area contributed by atoms with Gasteiger partial charge < -0.3 is 25.2 Å². The maximum Gasteiger partial charge on any atom is 0.256 e. The molecule has 6 heteroatoms. The van der Waals surface area contributed by atoms with Crippen LogP contribution >= 0.6 is 0 Å². The van der Waals surface area contributed by atoms with Gasteiger partial charge in [-0.1, -0.05) is 74.2 Å². The van der Waals surface area contributed by atoms with E-state index in [4.69, 9.17) is 4.74 Å². The third-order valence-electron chi connectivity index (χ3n) is 9.76. The zero-order valence-electron chi connectivity index (χ0n) is 32.0. The van der Waals surface area contributed by atoms with Crippen molar-refractivity contribution in [2.24, 2.45) is 0 Å². The monoisotopic (exact) mass is 710 g/mol. The highest BCUT2D eigenvalue weighted by Gasteiger charge is 2.24. The molecule has 2 N–H and O–H groups in total. The Morgan fingerprint density at radius 1 is 0.774 bits per heavy atom. The maximum atomic E-state index is 12.0. The van der Waals surface area contributed by atoms with E-state index in [1.54, 1.807) is 7.11 Å². The van der Waals surface area contributed by atoms with Crippen LogP contribution in [0.5, 0.6) is 5.75 Å². The van der Waals surface area contributed by atoms with Crippen molar-refractivity contribution >= 4 is 40.3 Å². The highest BCUT2D eigenvalue weighted by atomic mass is 16.5. The van der Waals surface area contributed by atoms with Crippen LogP contribution in [0, 0.1) is 0 Å². The molecule has 3 heterocycles. The van der Waals surface area contributed by atoms with Crippen LogP contribution < -0.4 is 25.2 Å². The Hall–Kier alpha value is -5.49. The Morgan fingerprint density at radius 3 is 2.06 bits per heavy atom. The third-order valence-corrected chi connectivity index (χ3v) is 9.76. The van der Waals surface area contributed by atoms with Crippen molar-refractivity contribution in [1.29, 1.82) is 0 Å². The number of anilines is 4. The van der Waals surface area contributed by atoms with E-state index in [2.05, 4.69) is 103 Å². The summed E-state index contributed by atoms with van der Waals surface area (Å²) in [7, 11) is 1.63. The zero-order valence-corrected chi connectivity index (χ0v) is 32.0. The molecule has 0 radical (unpaired) electrons. The Bertz CT molecular complexity index is 1810. The normalized spacial score (nSPS) is 15.3. The average molecular weight is 711 g/mol. The van der Waals surface area contributed by atoms with Crippen LogP contribution in [0.15, 0.2) is 130 Å². The van der Waals surface area contributed by atoms with Crippen LogP contribution in [-0.2, 0) is 17.6 Å². The molecule has 6 nitrogen and oxygen atoms in total. The number of piperidine rings is 2. The SMILES string of the molecule is C=C.C=C.C=C(Cc1ccccc1CC)Nc1cc(N2CCCCC2)ccc1N1CCCCC1.COc1ccccc1/C=C1\C(=O)Nc2ccccc21. The second-order valence-electron chi connectivity index (χ2n) is 13.1. The van der Waals surface area contributed by atoms with Crippen molar-refractivity contribution < 1.29 is 9.53 Å². The number of para-hydroxylation sites is 2. The minimum absolute atomic E-state index is 0.0768. The molecule has 0 unspecified atom stereocenters. The Balaban J connectivity index is 0.000000234. The topological polar surface area (TPSA) is 56.8 Å². The molecule has 4 aromatic rings. The van der Waals surface area contributed by atoms with Gasteiger partial charge in [0.05, 0.1) is 18.5 Å². The van der Waals surface area contributed by atoms with Gasteiger partial charge in [0.2, 0.25) is 0 Å². The van der Waals surface area contributed by atoms with Gasteiger partial charge in [0, 0.05) is 66.4 Å². The number of nitrogens with zero attached hydrogens (tertiary/aromatic N) is 2. The second kappa shape index (κ2) is 21.1. The first-order chi connectivity index (χ1) is 26.0. The Morgan fingerprint density at radius 2 is 1.38 bits per heavy atom. The average Bonchev–Trinajstić information content (AvgIpc) is 3.54. The van der Waals surface area contributed by atoms with Crippen LogP contribution in [0.25, 0.3) is 11.6 Å². The fourth-order valence-corrected chi connectivity index (χ4v) is 7.15. The number of aryl methyl sites for hydroxylation is 1. The van der Waals surface area contributed by atoms with Crippen molar-refractivity contribution in [3.05, 3.63) is 152 Å². The highest BCUT2D eigenvalue weighted by Crippen LogP contribution is 2.36. The number of ether oxygens (including phenoxy) is 1. The number of carbonyl (C=O) groups is 1. The van der Waals surface area contributed by atoms with E-state index in [1.807, 2.05) is 54.6 Å². The quantitative estimate of drug-likeness (QED) is 0.134. The van der Waals surface area contributed by atoms with E-state index in [-0.39, 0.29) is 5.91 Å². The van der Waals surface area contributed by atoms with Gasteiger partial charge in [0.25, 0.3) is 5.91 Å². The van der Waals surface area contributed by atoms with Crippen LogP contribution in [0.3, 0.4) is 0 Å². The third kappa shape index (κ3) is 10.8. The van der Waals surface area contributed by atoms with E-state index in [9.17, 15) is 4.79 Å². The lowest BCUT2D eigenvalue weighted by Crippen LogP contribution is -2.31. The number of fused-ring (bicyclic) bond motifs is 1. The molecule has 7 rings (SSSR count). The fraction of sp³-hybridized carbons (Fsp3) is 0.298. The molecule has 1 amide bonds. The predicted molar refractivity (Wildman–Crippen MR) is 229 cm³/mol. The molecule has 0 atom stereocenters. The van der Waals surface area contributed by atoms with E-state index >= 15 is 0 Å². The molecular weight excluding hydrogens is 653 g/mol. The van der Waals surface area contributed by atoms with E-state index in [1.165, 1.54) is 79.8 Å². The summed E-state index contributed by atoms with van der Waals surface area (Å²) < 4.78 is 5.30. The summed E-state index contributed by atoms with van der Waals surface area (Å²) in [5.41, 5.74) is 11.1. The van der Waals surface area contributed by atoms with Crippen molar-refractivity contribution in [3.63, 3.8) is 0 Å². The van der Waals surface area contributed by atoms with Crippen LogP contribution in [0.4, 0.5) is 22.7 Å². The van der Waals surface area contributed by atoms with Crippen molar-refractivity contribution in [2.75, 3.05) is 53.7 Å². The first-order valence-electron chi connectivity index (χ1n) is 18.9. The van der Waals surface area contributed by atoms with E-state index in [0.717, 1.165) is 54.2 Å².